The summed E-state index contributed by atoms with van der Waals surface area (Å²) in [6, 6.07) is 4.64. The van der Waals surface area contributed by atoms with Gasteiger partial charge in [-0.15, -0.1) is 0 Å². The third-order valence-corrected chi connectivity index (χ3v) is 4.76. The van der Waals surface area contributed by atoms with Crippen LogP contribution >= 0.6 is 0 Å². The van der Waals surface area contributed by atoms with Crippen molar-refractivity contribution in [3.63, 3.8) is 0 Å². The quantitative estimate of drug-likeness (QED) is 0.658. The number of anilines is 3. The van der Waals surface area contributed by atoms with Crippen molar-refractivity contribution in [2.75, 3.05) is 22.5 Å². The molecule has 3 N–H and O–H groups in total. The zero-order valence-electron chi connectivity index (χ0n) is 16.1. The molecule has 4 heterocycles. The number of nitrogen functional groups attached to an aromatic ring is 1. The Morgan fingerprint density at radius 3 is 2.55 bits per heavy atom. The lowest BCUT2D eigenvalue weighted by molar-refractivity contribution is -0.137. The number of amides is 2. The van der Waals surface area contributed by atoms with E-state index < -0.39 is 23.6 Å². The number of hydrogen-bond donors (Lipinski definition) is 2. The van der Waals surface area contributed by atoms with Crippen LogP contribution in [0.3, 0.4) is 0 Å². The lowest BCUT2D eigenvalue weighted by Crippen LogP contribution is -2.43. The van der Waals surface area contributed by atoms with E-state index in [0.717, 1.165) is 12.1 Å². The molecule has 1 unspecified atom stereocenters. The minimum absolute atomic E-state index is 0.0670. The largest absolute Gasteiger partial charge is 0.417 e. The van der Waals surface area contributed by atoms with Crippen LogP contribution in [-0.4, -0.2) is 38.1 Å². The molecule has 1 aliphatic heterocycles. The van der Waals surface area contributed by atoms with Crippen molar-refractivity contribution in [3.8, 4) is 0 Å². The van der Waals surface area contributed by atoms with Crippen LogP contribution in [0.2, 0.25) is 0 Å². The molecule has 0 fully saturated rings. The maximum Gasteiger partial charge on any atom is 0.417 e. The highest BCUT2D eigenvalue weighted by atomic mass is 19.4. The molecule has 1 aliphatic rings. The number of halogens is 3. The van der Waals surface area contributed by atoms with Crippen LogP contribution in [0.15, 0.2) is 42.9 Å². The van der Waals surface area contributed by atoms with Crippen LogP contribution in [0.5, 0.6) is 0 Å². The minimum atomic E-state index is -4.53. The van der Waals surface area contributed by atoms with Crippen molar-refractivity contribution in [3.05, 3.63) is 59.7 Å². The average Bonchev–Trinajstić information content (AvgIpc) is 3.15. The van der Waals surface area contributed by atoms with Gasteiger partial charge in [0.15, 0.2) is 5.69 Å². The number of pyridine rings is 2. The van der Waals surface area contributed by atoms with E-state index in [2.05, 4.69) is 20.4 Å². The van der Waals surface area contributed by atoms with Gasteiger partial charge in [-0.2, -0.15) is 18.3 Å². The van der Waals surface area contributed by atoms with Gasteiger partial charge >= 0.3 is 6.18 Å². The number of fused-ring (bicyclic) bond motifs is 1. The van der Waals surface area contributed by atoms with Crippen molar-refractivity contribution < 1.29 is 22.8 Å². The summed E-state index contributed by atoms with van der Waals surface area (Å²) in [5.74, 6) is -0.748. The maximum absolute atomic E-state index is 13.1. The smallest absolute Gasteiger partial charge is 0.384 e. The topological polar surface area (TPSA) is 119 Å². The van der Waals surface area contributed by atoms with Crippen LogP contribution in [0.25, 0.3) is 0 Å². The van der Waals surface area contributed by atoms with Crippen molar-refractivity contribution in [2.45, 2.75) is 19.1 Å². The fourth-order valence-corrected chi connectivity index (χ4v) is 3.20. The molecule has 0 bridgehead atoms. The van der Waals surface area contributed by atoms with Gasteiger partial charge in [-0.05, 0) is 31.2 Å². The molecule has 0 aromatic carbocycles. The van der Waals surface area contributed by atoms with Crippen LogP contribution in [-0.2, 0) is 6.18 Å². The van der Waals surface area contributed by atoms with E-state index in [9.17, 15) is 22.8 Å². The minimum Gasteiger partial charge on any atom is -0.384 e. The van der Waals surface area contributed by atoms with Gasteiger partial charge in [-0.1, -0.05) is 0 Å². The van der Waals surface area contributed by atoms with Gasteiger partial charge in [-0.3, -0.25) is 19.2 Å². The molecule has 9 nitrogen and oxygen atoms in total. The number of hydrogen-bond acceptors (Lipinski definition) is 6. The predicted octanol–water partition coefficient (Wildman–Crippen LogP) is 2.75. The second-order valence-corrected chi connectivity index (χ2v) is 6.94. The first kappa shape index (κ1) is 20.3. The van der Waals surface area contributed by atoms with Gasteiger partial charge in [0.1, 0.15) is 11.6 Å². The Morgan fingerprint density at radius 1 is 1.16 bits per heavy atom. The van der Waals surface area contributed by atoms with Crippen LogP contribution in [0.1, 0.15) is 39.4 Å². The second-order valence-electron chi connectivity index (χ2n) is 6.94. The lowest BCUT2D eigenvalue weighted by atomic mass is 10.1. The summed E-state index contributed by atoms with van der Waals surface area (Å²) in [7, 11) is 0. The fraction of sp³-hybridized carbons (Fsp3) is 0.211. The lowest BCUT2D eigenvalue weighted by Gasteiger charge is -2.31. The Labute approximate surface area is 173 Å². The van der Waals surface area contributed by atoms with Crippen molar-refractivity contribution in [2.24, 2.45) is 0 Å². The number of nitrogens with one attached hydrogen (secondary N) is 1. The Morgan fingerprint density at radius 2 is 1.94 bits per heavy atom. The third kappa shape index (κ3) is 3.79. The number of alkyl halides is 3. The maximum atomic E-state index is 13.1. The second kappa shape index (κ2) is 7.38. The van der Waals surface area contributed by atoms with Crippen molar-refractivity contribution in [1.82, 2.24) is 19.7 Å². The molecule has 0 spiro atoms. The van der Waals surface area contributed by atoms with Gasteiger partial charge in [-0.25, -0.2) is 9.97 Å². The van der Waals surface area contributed by atoms with Gasteiger partial charge in [0, 0.05) is 18.9 Å². The molecule has 2 amide bonds. The Hall–Kier alpha value is -3.96. The summed E-state index contributed by atoms with van der Waals surface area (Å²) in [6.07, 6.45) is -1.21. The van der Waals surface area contributed by atoms with E-state index in [1.165, 1.54) is 34.1 Å². The molecular formula is C19H16F3N7O2. The van der Waals surface area contributed by atoms with E-state index in [4.69, 9.17) is 5.73 Å². The van der Waals surface area contributed by atoms with Gasteiger partial charge < -0.3 is 11.1 Å². The molecule has 31 heavy (non-hydrogen) atoms. The molecule has 3 aromatic heterocycles. The van der Waals surface area contributed by atoms with Crippen LogP contribution < -0.4 is 16.0 Å². The first-order valence-electron chi connectivity index (χ1n) is 9.10. The molecule has 0 saturated carbocycles. The Kier molecular flexibility index (Phi) is 4.84. The SMILES string of the molecule is CC1CN(c2ccc(C(F)(F)F)cn2)C(=O)c2c(NC(=O)c3ccc(N)nc3)cnn21. The van der Waals surface area contributed by atoms with E-state index in [1.54, 1.807) is 6.92 Å². The van der Waals surface area contributed by atoms with E-state index in [-0.39, 0.29) is 41.2 Å². The molecule has 0 saturated heterocycles. The Bertz CT molecular complexity index is 1140. The van der Waals surface area contributed by atoms with E-state index >= 15 is 0 Å². The number of aromatic nitrogens is 4. The number of nitrogens with zero attached hydrogens (tertiary/aromatic N) is 5. The first-order chi connectivity index (χ1) is 14.6. The molecule has 1 atom stereocenters. The summed E-state index contributed by atoms with van der Waals surface area (Å²) in [4.78, 5) is 34.5. The third-order valence-electron chi connectivity index (χ3n) is 4.76. The predicted molar refractivity (Wildman–Crippen MR) is 104 cm³/mol. The van der Waals surface area contributed by atoms with Crippen LogP contribution in [0.4, 0.5) is 30.5 Å². The first-order valence-corrected chi connectivity index (χ1v) is 9.10. The average molecular weight is 431 g/mol. The molecule has 4 rings (SSSR count). The highest BCUT2D eigenvalue weighted by Crippen LogP contribution is 2.32. The number of nitrogens with two attached hydrogens (primary N) is 1. The fourth-order valence-electron chi connectivity index (χ4n) is 3.20. The normalized spacial score (nSPS) is 16.2. The Balaban J connectivity index is 1.62. The molecular weight excluding hydrogens is 415 g/mol. The molecule has 12 heteroatoms. The zero-order valence-corrected chi connectivity index (χ0v) is 16.1. The summed E-state index contributed by atoms with van der Waals surface area (Å²) in [5, 5.41) is 6.79. The van der Waals surface area contributed by atoms with E-state index in [0.29, 0.717) is 6.20 Å². The van der Waals surface area contributed by atoms with Crippen LogP contribution in [0, 0.1) is 0 Å². The molecule has 160 valence electrons. The van der Waals surface area contributed by atoms with Gasteiger partial charge in [0.05, 0.1) is 29.1 Å². The summed E-state index contributed by atoms with van der Waals surface area (Å²) >= 11 is 0. The standard InChI is InChI=1S/C19H16F3N7O2/c1-10-9-28(15-5-3-12(7-25-15)19(20,21)22)18(31)16-13(8-26-29(10)16)27-17(30)11-2-4-14(23)24-6-11/h2-8,10H,9H2,1H3,(H2,23,24)(H,27,30). The molecule has 3 aromatic rings. The number of carbonyl (C=O) groups excluding carboxylic acids is 2. The molecule has 0 radical (unpaired) electrons. The molecule has 0 aliphatic carbocycles. The van der Waals surface area contributed by atoms with E-state index in [1.807, 2.05) is 0 Å². The summed E-state index contributed by atoms with van der Waals surface area (Å²) in [5.41, 5.74) is 5.09. The summed E-state index contributed by atoms with van der Waals surface area (Å²) in [6.45, 7) is 1.94. The number of rotatable bonds is 3. The number of carbonyl (C=O) groups is 2. The van der Waals surface area contributed by atoms with Gasteiger partial charge in [0.2, 0.25) is 0 Å². The van der Waals surface area contributed by atoms with Crippen molar-refractivity contribution >= 4 is 29.1 Å². The van der Waals surface area contributed by atoms with Gasteiger partial charge in [0.25, 0.3) is 11.8 Å². The monoisotopic (exact) mass is 431 g/mol. The summed E-state index contributed by atoms with van der Waals surface area (Å²) < 4.78 is 39.9. The highest BCUT2D eigenvalue weighted by Gasteiger charge is 2.36. The zero-order chi connectivity index (χ0) is 22.3. The van der Waals surface area contributed by atoms with Crippen molar-refractivity contribution in [1.29, 1.82) is 0 Å². The highest BCUT2D eigenvalue weighted by molar-refractivity contribution is 6.12.